The number of para-hydroxylation sites is 1. The summed E-state index contributed by atoms with van der Waals surface area (Å²) in [5.41, 5.74) is 4.45. The zero-order valence-electron chi connectivity index (χ0n) is 13.6. The zero-order valence-corrected chi connectivity index (χ0v) is 14.4. The minimum absolute atomic E-state index is 0.459. The van der Waals surface area contributed by atoms with E-state index >= 15 is 0 Å². The first-order chi connectivity index (χ1) is 11.7. The van der Waals surface area contributed by atoms with Gasteiger partial charge in [-0.2, -0.15) is 0 Å². The second-order valence-corrected chi connectivity index (χ2v) is 6.12. The minimum Gasteiger partial charge on any atom is -0.488 e. The maximum Gasteiger partial charge on any atom is 0.124 e. The predicted octanol–water partition coefficient (Wildman–Crippen LogP) is 5.84. The third kappa shape index (κ3) is 4.30. The van der Waals surface area contributed by atoms with E-state index in [0.717, 1.165) is 27.6 Å². The average molecular weight is 338 g/mol. The molecule has 3 aromatic carbocycles. The lowest BCUT2D eigenvalue weighted by Gasteiger charge is -2.13. The molecular formula is C21H20ClNO. The van der Waals surface area contributed by atoms with E-state index in [2.05, 4.69) is 42.6 Å². The molecule has 0 atom stereocenters. The maximum atomic E-state index is 6.19. The van der Waals surface area contributed by atoms with Crippen LogP contribution in [0.1, 0.15) is 16.7 Å². The molecule has 3 aromatic rings. The van der Waals surface area contributed by atoms with Gasteiger partial charge in [-0.3, -0.25) is 0 Å². The smallest absolute Gasteiger partial charge is 0.124 e. The van der Waals surface area contributed by atoms with Crippen molar-refractivity contribution >= 4 is 17.3 Å². The molecular weight excluding hydrogens is 318 g/mol. The van der Waals surface area contributed by atoms with Crippen molar-refractivity contribution in [2.24, 2.45) is 0 Å². The van der Waals surface area contributed by atoms with E-state index in [-0.39, 0.29) is 0 Å². The summed E-state index contributed by atoms with van der Waals surface area (Å²) in [6.07, 6.45) is 0. The van der Waals surface area contributed by atoms with Crippen LogP contribution >= 0.6 is 11.6 Å². The number of hydrogen-bond donors (Lipinski definition) is 1. The summed E-state index contributed by atoms with van der Waals surface area (Å²) in [5.74, 6) is 0.873. The van der Waals surface area contributed by atoms with E-state index in [0.29, 0.717) is 13.2 Å². The van der Waals surface area contributed by atoms with Gasteiger partial charge in [0, 0.05) is 28.4 Å². The molecule has 0 saturated heterocycles. The van der Waals surface area contributed by atoms with Crippen molar-refractivity contribution in [3.8, 4) is 5.75 Å². The van der Waals surface area contributed by atoms with Gasteiger partial charge >= 0.3 is 0 Å². The van der Waals surface area contributed by atoms with Crippen molar-refractivity contribution in [2.45, 2.75) is 20.1 Å². The van der Waals surface area contributed by atoms with Gasteiger partial charge in [0.05, 0.1) is 0 Å². The zero-order chi connectivity index (χ0) is 16.8. The van der Waals surface area contributed by atoms with Gasteiger partial charge in [-0.15, -0.1) is 0 Å². The van der Waals surface area contributed by atoms with E-state index in [1.54, 1.807) is 0 Å². The average Bonchev–Trinajstić information content (AvgIpc) is 2.60. The molecule has 0 saturated carbocycles. The Hall–Kier alpha value is -2.45. The number of nitrogens with one attached hydrogen (secondary N) is 1. The molecule has 24 heavy (non-hydrogen) atoms. The second-order valence-electron chi connectivity index (χ2n) is 5.71. The monoisotopic (exact) mass is 337 g/mol. The third-order valence-electron chi connectivity index (χ3n) is 3.81. The van der Waals surface area contributed by atoms with E-state index < -0.39 is 0 Å². The van der Waals surface area contributed by atoms with Crippen LogP contribution < -0.4 is 10.1 Å². The molecule has 3 rings (SSSR count). The number of rotatable bonds is 6. The lowest BCUT2D eigenvalue weighted by Crippen LogP contribution is -2.04. The highest BCUT2D eigenvalue weighted by atomic mass is 35.5. The summed E-state index contributed by atoms with van der Waals surface area (Å²) in [7, 11) is 0. The first-order valence-corrected chi connectivity index (χ1v) is 8.35. The van der Waals surface area contributed by atoms with Crippen LogP contribution in [0.4, 0.5) is 5.69 Å². The number of halogens is 1. The Kier molecular flexibility index (Phi) is 5.39. The fraction of sp³-hybridized carbons (Fsp3) is 0.143. The normalized spacial score (nSPS) is 10.4. The summed E-state index contributed by atoms with van der Waals surface area (Å²) >= 11 is 6.19. The van der Waals surface area contributed by atoms with Crippen LogP contribution in [-0.2, 0) is 13.2 Å². The molecule has 0 aromatic heterocycles. The van der Waals surface area contributed by atoms with E-state index in [1.807, 2.05) is 42.5 Å². The number of benzene rings is 3. The van der Waals surface area contributed by atoms with Gasteiger partial charge < -0.3 is 10.1 Å². The van der Waals surface area contributed by atoms with Crippen LogP contribution in [0, 0.1) is 6.92 Å². The molecule has 2 nitrogen and oxygen atoms in total. The molecule has 0 heterocycles. The minimum atomic E-state index is 0.459. The lowest BCUT2D eigenvalue weighted by atomic mass is 10.1. The van der Waals surface area contributed by atoms with E-state index in [4.69, 9.17) is 16.3 Å². The fourth-order valence-corrected chi connectivity index (χ4v) is 2.70. The molecule has 0 fully saturated rings. The molecule has 1 N–H and O–H groups in total. The quantitative estimate of drug-likeness (QED) is 0.610. The van der Waals surface area contributed by atoms with Crippen molar-refractivity contribution in [3.63, 3.8) is 0 Å². The first-order valence-electron chi connectivity index (χ1n) is 7.97. The number of ether oxygens (including phenoxy) is 1. The van der Waals surface area contributed by atoms with Crippen molar-refractivity contribution < 1.29 is 4.74 Å². The topological polar surface area (TPSA) is 21.3 Å². The molecule has 0 radical (unpaired) electrons. The van der Waals surface area contributed by atoms with Crippen LogP contribution in [0.15, 0.2) is 72.8 Å². The number of anilines is 1. The molecule has 0 aliphatic heterocycles. The van der Waals surface area contributed by atoms with E-state index in [9.17, 15) is 0 Å². The van der Waals surface area contributed by atoms with Crippen LogP contribution in [0.5, 0.6) is 5.75 Å². The summed E-state index contributed by atoms with van der Waals surface area (Å²) in [6, 6.07) is 24.2. The highest BCUT2D eigenvalue weighted by Crippen LogP contribution is 2.23. The Balaban J connectivity index is 1.68. The summed E-state index contributed by atoms with van der Waals surface area (Å²) < 4.78 is 5.99. The Labute approximate surface area is 148 Å². The molecule has 0 aliphatic carbocycles. The molecule has 0 unspecified atom stereocenters. The SMILES string of the molecule is Cc1cccc(NCc2ccccc2OCc2ccccc2Cl)c1. The predicted molar refractivity (Wildman–Crippen MR) is 101 cm³/mol. The molecule has 0 spiro atoms. The summed E-state index contributed by atoms with van der Waals surface area (Å²) in [6.45, 7) is 3.26. The second kappa shape index (κ2) is 7.89. The molecule has 122 valence electrons. The van der Waals surface area contributed by atoms with Gasteiger partial charge in [0.1, 0.15) is 12.4 Å². The van der Waals surface area contributed by atoms with Gasteiger partial charge in [0.25, 0.3) is 0 Å². The summed E-state index contributed by atoms with van der Waals surface area (Å²) in [5, 5.41) is 4.18. The van der Waals surface area contributed by atoms with Crippen molar-refractivity contribution in [3.05, 3.63) is 94.5 Å². The lowest BCUT2D eigenvalue weighted by molar-refractivity contribution is 0.303. The van der Waals surface area contributed by atoms with Gasteiger partial charge in [0.15, 0.2) is 0 Å². The van der Waals surface area contributed by atoms with Crippen LogP contribution in [0.25, 0.3) is 0 Å². The van der Waals surface area contributed by atoms with E-state index in [1.165, 1.54) is 5.56 Å². The van der Waals surface area contributed by atoms with Gasteiger partial charge in [-0.1, -0.05) is 60.1 Å². The standard InChI is InChI=1S/C21H20ClNO/c1-16-7-6-10-19(13-16)23-14-17-8-3-5-12-21(17)24-15-18-9-2-4-11-20(18)22/h2-13,23H,14-15H2,1H3. The van der Waals surface area contributed by atoms with Crippen molar-refractivity contribution in [1.82, 2.24) is 0 Å². The first kappa shape index (κ1) is 16.4. The number of hydrogen-bond acceptors (Lipinski definition) is 2. The van der Waals surface area contributed by atoms with Gasteiger partial charge in [-0.25, -0.2) is 0 Å². The van der Waals surface area contributed by atoms with Crippen molar-refractivity contribution in [2.75, 3.05) is 5.32 Å². The van der Waals surface area contributed by atoms with Crippen LogP contribution in [0.3, 0.4) is 0 Å². The Bertz CT molecular complexity index is 816. The Morgan fingerprint density at radius 1 is 0.875 bits per heavy atom. The molecule has 0 amide bonds. The molecule has 0 aliphatic rings. The summed E-state index contributed by atoms with van der Waals surface area (Å²) in [4.78, 5) is 0. The molecule has 3 heteroatoms. The van der Waals surface area contributed by atoms with Gasteiger partial charge in [-0.05, 0) is 36.8 Å². The maximum absolute atomic E-state index is 6.19. The fourth-order valence-electron chi connectivity index (χ4n) is 2.51. The number of aryl methyl sites for hydroxylation is 1. The highest BCUT2D eigenvalue weighted by Gasteiger charge is 2.05. The largest absolute Gasteiger partial charge is 0.488 e. The Morgan fingerprint density at radius 3 is 2.42 bits per heavy atom. The third-order valence-corrected chi connectivity index (χ3v) is 4.18. The Morgan fingerprint density at radius 2 is 1.62 bits per heavy atom. The van der Waals surface area contributed by atoms with Crippen LogP contribution in [-0.4, -0.2) is 0 Å². The molecule has 0 bridgehead atoms. The van der Waals surface area contributed by atoms with Crippen LogP contribution in [0.2, 0.25) is 5.02 Å². The van der Waals surface area contributed by atoms with Crippen molar-refractivity contribution in [1.29, 1.82) is 0 Å². The van der Waals surface area contributed by atoms with Gasteiger partial charge in [0.2, 0.25) is 0 Å². The highest BCUT2D eigenvalue weighted by molar-refractivity contribution is 6.31.